The molecule has 2 aromatic carbocycles. The van der Waals surface area contributed by atoms with E-state index in [4.69, 9.17) is 0 Å². The average molecular weight is 417 g/mol. The van der Waals surface area contributed by atoms with Crippen molar-refractivity contribution in [1.29, 1.82) is 0 Å². The van der Waals surface area contributed by atoms with Crippen molar-refractivity contribution in [2.75, 3.05) is 13.1 Å². The van der Waals surface area contributed by atoms with Crippen LogP contribution in [0.5, 0.6) is 0 Å². The molecular weight excluding hydrogens is 380 g/mol. The zero-order chi connectivity index (χ0) is 21.7. The highest BCUT2D eigenvalue weighted by atomic mass is 16.2. The van der Waals surface area contributed by atoms with E-state index in [1.165, 1.54) is 12.0 Å². The van der Waals surface area contributed by atoms with Gasteiger partial charge < -0.3 is 10.2 Å². The van der Waals surface area contributed by atoms with Crippen molar-refractivity contribution >= 4 is 12.0 Å². The van der Waals surface area contributed by atoms with Crippen LogP contribution in [0.2, 0.25) is 0 Å². The molecule has 4 rings (SSSR count). The van der Waals surface area contributed by atoms with Gasteiger partial charge in [-0.05, 0) is 55.2 Å². The van der Waals surface area contributed by atoms with E-state index in [9.17, 15) is 4.79 Å². The van der Waals surface area contributed by atoms with Gasteiger partial charge in [-0.2, -0.15) is 0 Å². The monoisotopic (exact) mass is 416 g/mol. The third-order valence-corrected chi connectivity index (χ3v) is 7.41. The van der Waals surface area contributed by atoms with Gasteiger partial charge in [0.05, 0.1) is 0 Å². The Kier molecular flexibility index (Phi) is 6.92. The summed E-state index contributed by atoms with van der Waals surface area (Å²) in [4.78, 5) is 15.6. The number of carbonyl (C=O) groups is 1. The standard InChI is InChI=1S/C28H36N2O/c1-22-21-30(18-16-25(22)14-13-23-9-5-3-6-10-23)26-15-17-28(2,19-26)27(31)29-20-24-11-7-4-8-12-24/h3-14,22,25-26H,15-21H2,1-2H3,(H,29,31)/b14-13-/t22-,25+,26?,28?/m0/s1. The summed E-state index contributed by atoms with van der Waals surface area (Å²) >= 11 is 0. The van der Waals surface area contributed by atoms with Crippen molar-refractivity contribution in [2.24, 2.45) is 17.3 Å². The molecular formula is C28H36N2O. The van der Waals surface area contributed by atoms with Gasteiger partial charge in [0.1, 0.15) is 0 Å². The zero-order valence-electron chi connectivity index (χ0n) is 19.0. The lowest BCUT2D eigenvalue weighted by atomic mass is 9.84. The van der Waals surface area contributed by atoms with E-state index >= 15 is 0 Å². The number of amides is 1. The van der Waals surface area contributed by atoms with Crippen molar-refractivity contribution in [3.8, 4) is 0 Å². The maximum atomic E-state index is 13.0. The molecule has 4 atom stereocenters. The predicted molar refractivity (Wildman–Crippen MR) is 128 cm³/mol. The van der Waals surface area contributed by atoms with E-state index < -0.39 is 0 Å². The maximum Gasteiger partial charge on any atom is 0.226 e. The van der Waals surface area contributed by atoms with Gasteiger partial charge in [-0.25, -0.2) is 0 Å². The fourth-order valence-electron chi connectivity index (χ4n) is 5.33. The molecule has 1 aliphatic heterocycles. The molecule has 0 radical (unpaired) electrons. The molecule has 0 spiro atoms. The van der Waals surface area contributed by atoms with Gasteiger partial charge >= 0.3 is 0 Å². The first-order valence-electron chi connectivity index (χ1n) is 11.8. The Balaban J connectivity index is 1.28. The SMILES string of the molecule is C[C@H]1CN(C2CCC(C)(C(=O)NCc3ccccc3)C2)CC[C@H]1/C=C\c1ccccc1. The van der Waals surface area contributed by atoms with Gasteiger partial charge in [0.15, 0.2) is 0 Å². The topological polar surface area (TPSA) is 32.3 Å². The minimum atomic E-state index is -0.243. The highest BCUT2D eigenvalue weighted by molar-refractivity contribution is 5.82. The normalized spacial score (nSPS) is 29.3. The summed E-state index contributed by atoms with van der Waals surface area (Å²) in [6, 6.07) is 21.3. The second kappa shape index (κ2) is 9.82. The fourth-order valence-corrected chi connectivity index (χ4v) is 5.33. The third-order valence-electron chi connectivity index (χ3n) is 7.41. The van der Waals surface area contributed by atoms with E-state index in [1.54, 1.807) is 0 Å². The van der Waals surface area contributed by atoms with Crippen LogP contribution in [0.4, 0.5) is 0 Å². The Morgan fingerprint density at radius 1 is 1.10 bits per heavy atom. The van der Waals surface area contributed by atoms with E-state index in [0.29, 0.717) is 24.4 Å². The Labute approximate surface area is 187 Å². The molecule has 2 fully saturated rings. The molecule has 0 bridgehead atoms. The maximum absolute atomic E-state index is 13.0. The Hall–Kier alpha value is -2.39. The van der Waals surface area contributed by atoms with E-state index in [-0.39, 0.29) is 11.3 Å². The molecule has 164 valence electrons. The van der Waals surface area contributed by atoms with Crippen LogP contribution in [0.3, 0.4) is 0 Å². The summed E-state index contributed by atoms with van der Waals surface area (Å²) in [5, 5.41) is 3.19. The van der Waals surface area contributed by atoms with Crippen molar-refractivity contribution < 1.29 is 4.79 Å². The number of piperidine rings is 1. The first-order valence-corrected chi connectivity index (χ1v) is 11.8. The molecule has 1 heterocycles. The molecule has 1 saturated carbocycles. The third kappa shape index (κ3) is 5.46. The predicted octanol–water partition coefficient (Wildman–Crippen LogP) is 5.53. The number of carbonyl (C=O) groups excluding carboxylic acids is 1. The first-order chi connectivity index (χ1) is 15.0. The molecule has 0 aromatic heterocycles. The smallest absolute Gasteiger partial charge is 0.226 e. The molecule has 1 aliphatic carbocycles. The van der Waals surface area contributed by atoms with Gasteiger partial charge in [-0.15, -0.1) is 0 Å². The van der Waals surface area contributed by atoms with Crippen molar-refractivity contribution in [1.82, 2.24) is 10.2 Å². The van der Waals surface area contributed by atoms with Gasteiger partial charge in [-0.3, -0.25) is 4.79 Å². The number of rotatable bonds is 6. The number of allylic oxidation sites excluding steroid dienone is 1. The molecule has 1 saturated heterocycles. The molecule has 2 unspecified atom stereocenters. The lowest BCUT2D eigenvalue weighted by Crippen LogP contribution is -2.45. The first kappa shape index (κ1) is 21.8. The number of nitrogens with zero attached hydrogens (tertiary/aromatic N) is 1. The van der Waals surface area contributed by atoms with Crippen LogP contribution in [0.25, 0.3) is 6.08 Å². The summed E-state index contributed by atoms with van der Waals surface area (Å²) in [6.07, 6.45) is 8.99. The van der Waals surface area contributed by atoms with Crippen molar-refractivity contribution in [3.63, 3.8) is 0 Å². The highest BCUT2D eigenvalue weighted by Gasteiger charge is 2.43. The molecule has 3 heteroatoms. The average Bonchev–Trinajstić information content (AvgIpc) is 3.21. The largest absolute Gasteiger partial charge is 0.352 e. The number of hydrogen-bond donors (Lipinski definition) is 1. The van der Waals surface area contributed by atoms with E-state index in [2.05, 4.69) is 78.7 Å². The summed E-state index contributed by atoms with van der Waals surface area (Å²) in [6.45, 7) is 7.44. The lowest BCUT2D eigenvalue weighted by molar-refractivity contribution is -0.130. The molecule has 3 nitrogen and oxygen atoms in total. The van der Waals surface area contributed by atoms with E-state index in [0.717, 1.165) is 37.9 Å². The molecule has 1 amide bonds. The molecule has 2 aromatic rings. The Morgan fingerprint density at radius 3 is 2.52 bits per heavy atom. The molecule has 2 aliphatic rings. The molecule has 1 N–H and O–H groups in total. The minimum absolute atomic E-state index is 0.215. The quantitative estimate of drug-likeness (QED) is 0.671. The minimum Gasteiger partial charge on any atom is -0.352 e. The molecule has 31 heavy (non-hydrogen) atoms. The van der Waals surface area contributed by atoms with Gasteiger partial charge in [0.25, 0.3) is 0 Å². The van der Waals surface area contributed by atoms with Crippen LogP contribution in [0, 0.1) is 17.3 Å². The highest BCUT2D eigenvalue weighted by Crippen LogP contribution is 2.42. The van der Waals surface area contributed by atoms with Crippen LogP contribution in [0.15, 0.2) is 66.7 Å². The van der Waals surface area contributed by atoms with Crippen LogP contribution >= 0.6 is 0 Å². The number of nitrogens with one attached hydrogen (secondary N) is 1. The summed E-state index contributed by atoms with van der Waals surface area (Å²) < 4.78 is 0. The van der Waals surface area contributed by atoms with Crippen LogP contribution < -0.4 is 5.32 Å². The van der Waals surface area contributed by atoms with Gasteiger partial charge in [-0.1, -0.05) is 86.7 Å². The summed E-state index contributed by atoms with van der Waals surface area (Å²) in [5.74, 6) is 1.50. The Morgan fingerprint density at radius 2 is 1.81 bits per heavy atom. The summed E-state index contributed by atoms with van der Waals surface area (Å²) in [7, 11) is 0. The van der Waals surface area contributed by atoms with Gasteiger partial charge in [0.2, 0.25) is 5.91 Å². The number of benzene rings is 2. The van der Waals surface area contributed by atoms with E-state index in [1.807, 2.05) is 18.2 Å². The van der Waals surface area contributed by atoms with Crippen LogP contribution in [-0.4, -0.2) is 29.9 Å². The summed E-state index contributed by atoms with van der Waals surface area (Å²) in [5.41, 5.74) is 2.20. The number of likely N-dealkylation sites (tertiary alicyclic amines) is 1. The second-order valence-corrected chi connectivity index (χ2v) is 9.82. The van der Waals surface area contributed by atoms with Crippen molar-refractivity contribution in [3.05, 3.63) is 77.9 Å². The Bertz CT molecular complexity index is 878. The fraction of sp³-hybridized carbons (Fsp3) is 0.464. The van der Waals surface area contributed by atoms with Crippen molar-refractivity contribution in [2.45, 2.75) is 52.1 Å². The zero-order valence-corrected chi connectivity index (χ0v) is 19.0. The lowest BCUT2D eigenvalue weighted by Gasteiger charge is -2.39. The second-order valence-electron chi connectivity index (χ2n) is 9.82. The van der Waals surface area contributed by atoms with Crippen LogP contribution in [0.1, 0.15) is 50.7 Å². The van der Waals surface area contributed by atoms with Gasteiger partial charge in [0, 0.05) is 24.5 Å². The van der Waals surface area contributed by atoms with Crippen LogP contribution in [-0.2, 0) is 11.3 Å². The number of hydrogen-bond acceptors (Lipinski definition) is 2.